The second-order valence-electron chi connectivity index (χ2n) is 5.33. The molecule has 0 unspecified atom stereocenters. The fourth-order valence-electron chi connectivity index (χ4n) is 2.37. The Kier molecular flexibility index (Phi) is 6.50. The van der Waals surface area contributed by atoms with E-state index in [4.69, 9.17) is 51.1 Å². The number of ether oxygens (including phenoxy) is 1. The average Bonchev–Trinajstić information content (AvgIpc) is 3.10. The average molecular weight is 462 g/mol. The molecule has 3 aromatic rings. The van der Waals surface area contributed by atoms with Gasteiger partial charge in [0.1, 0.15) is 10.8 Å². The summed E-state index contributed by atoms with van der Waals surface area (Å²) in [7, 11) is 1.54. The molecule has 2 aromatic carbocycles. The maximum absolute atomic E-state index is 11.9. The molecule has 0 spiro atoms. The zero-order chi connectivity index (χ0) is 19.6. The lowest BCUT2D eigenvalue weighted by atomic mass is 10.1. The lowest BCUT2D eigenvalue weighted by Gasteiger charge is -2.11. The highest BCUT2D eigenvalue weighted by molar-refractivity contribution is 7.18. The van der Waals surface area contributed by atoms with Crippen LogP contribution in [-0.2, 0) is 4.79 Å². The van der Waals surface area contributed by atoms with Gasteiger partial charge in [0, 0.05) is 23.4 Å². The SMILES string of the molecule is COc1ccc(-c2ncc(-c3c(Cl)cccc3Cl)s2)c(NC(=O)C(Cl)Cl)c1. The van der Waals surface area contributed by atoms with Gasteiger partial charge < -0.3 is 10.1 Å². The number of benzene rings is 2. The molecule has 0 bridgehead atoms. The van der Waals surface area contributed by atoms with Gasteiger partial charge in [-0.3, -0.25) is 4.79 Å². The van der Waals surface area contributed by atoms with Crippen molar-refractivity contribution in [2.75, 3.05) is 12.4 Å². The van der Waals surface area contributed by atoms with Crippen molar-refractivity contribution in [2.24, 2.45) is 0 Å². The van der Waals surface area contributed by atoms with E-state index in [-0.39, 0.29) is 0 Å². The molecule has 3 rings (SSSR count). The van der Waals surface area contributed by atoms with Crippen LogP contribution in [0.1, 0.15) is 0 Å². The van der Waals surface area contributed by atoms with Crippen LogP contribution in [0.2, 0.25) is 10.0 Å². The van der Waals surface area contributed by atoms with E-state index < -0.39 is 10.7 Å². The Morgan fingerprint density at radius 1 is 1.19 bits per heavy atom. The van der Waals surface area contributed by atoms with E-state index >= 15 is 0 Å². The van der Waals surface area contributed by atoms with E-state index in [0.29, 0.717) is 37.6 Å². The molecule has 140 valence electrons. The first-order chi connectivity index (χ1) is 12.9. The van der Waals surface area contributed by atoms with Crippen LogP contribution in [0.5, 0.6) is 5.75 Å². The molecule has 1 amide bonds. The van der Waals surface area contributed by atoms with Crippen molar-refractivity contribution in [2.45, 2.75) is 4.84 Å². The van der Waals surface area contributed by atoms with Crippen molar-refractivity contribution in [3.05, 3.63) is 52.6 Å². The third kappa shape index (κ3) is 4.50. The summed E-state index contributed by atoms with van der Waals surface area (Å²) in [5, 5.41) is 4.42. The van der Waals surface area contributed by atoms with E-state index in [1.807, 2.05) is 0 Å². The zero-order valence-electron chi connectivity index (χ0n) is 13.8. The summed E-state index contributed by atoms with van der Waals surface area (Å²) < 4.78 is 5.22. The Hall–Kier alpha value is -1.50. The number of alkyl halides is 2. The molecule has 0 saturated carbocycles. The van der Waals surface area contributed by atoms with Crippen molar-refractivity contribution in [1.82, 2.24) is 4.98 Å². The first-order valence-corrected chi connectivity index (χ1v) is 10.0. The number of carbonyl (C=O) groups is 1. The van der Waals surface area contributed by atoms with Gasteiger partial charge in [0.2, 0.25) is 0 Å². The molecule has 0 aliphatic heterocycles. The van der Waals surface area contributed by atoms with E-state index in [2.05, 4.69) is 10.3 Å². The molecule has 0 fully saturated rings. The first-order valence-electron chi connectivity index (χ1n) is 7.58. The number of hydrogen-bond donors (Lipinski definition) is 1. The second kappa shape index (κ2) is 8.67. The molecular formula is C18H12Cl4N2O2S. The zero-order valence-corrected chi connectivity index (χ0v) is 17.6. The minimum atomic E-state index is -1.20. The lowest BCUT2D eigenvalue weighted by Crippen LogP contribution is -2.19. The number of thiazole rings is 1. The quantitative estimate of drug-likeness (QED) is 0.439. The number of carbonyl (C=O) groups excluding carboxylic acids is 1. The number of anilines is 1. The lowest BCUT2D eigenvalue weighted by molar-refractivity contribution is -0.114. The van der Waals surface area contributed by atoms with Crippen LogP contribution in [0.25, 0.3) is 21.0 Å². The smallest absolute Gasteiger partial charge is 0.257 e. The summed E-state index contributed by atoms with van der Waals surface area (Å²) in [5.74, 6) is 0.0273. The summed E-state index contributed by atoms with van der Waals surface area (Å²) >= 11 is 25.3. The molecule has 0 aliphatic rings. The Labute approximate surface area is 180 Å². The van der Waals surface area contributed by atoms with Gasteiger partial charge in [-0.1, -0.05) is 52.5 Å². The van der Waals surface area contributed by atoms with Crippen LogP contribution in [0.15, 0.2) is 42.6 Å². The minimum Gasteiger partial charge on any atom is -0.497 e. The molecule has 9 heteroatoms. The fraction of sp³-hybridized carbons (Fsp3) is 0.111. The standard InChI is InChI=1S/C18H12Cl4N2O2S/c1-26-9-5-6-10(13(7-9)24-17(25)16(21)22)18-23-8-14(27-18)15-11(19)3-2-4-12(15)20/h2-8,16H,1H3,(H,24,25). The summed E-state index contributed by atoms with van der Waals surface area (Å²) in [4.78, 5) is 16.0. The maximum Gasteiger partial charge on any atom is 0.257 e. The Bertz CT molecular complexity index is 971. The van der Waals surface area contributed by atoms with Crippen LogP contribution in [0.3, 0.4) is 0 Å². The Morgan fingerprint density at radius 2 is 1.89 bits per heavy atom. The normalized spacial score (nSPS) is 10.9. The molecule has 1 heterocycles. The topological polar surface area (TPSA) is 51.2 Å². The molecule has 0 saturated heterocycles. The van der Waals surface area contributed by atoms with Gasteiger partial charge in [-0.2, -0.15) is 0 Å². The number of nitrogens with zero attached hydrogens (tertiary/aromatic N) is 1. The molecule has 0 radical (unpaired) electrons. The van der Waals surface area contributed by atoms with Crippen molar-refractivity contribution in [1.29, 1.82) is 0 Å². The van der Waals surface area contributed by atoms with Gasteiger partial charge in [-0.15, -0.1) is 11.3 Å². The van der Waals surface area contributed by atoms with Gasteiger partial charge in [0.05, 0.1) is 27.7 Å². The summed E-state index contributed by atoms with van der Waals surface area (Å²) in [5.41, 5.74) is 1.89. The highest BCUT2D eigenvalue weighted by Gasteiger charge is 2.18. The number of nitrogens with one attached hydrogen (secondary N) is 1. The van der Waals surface area contributed by atoms with E-state index in [0.717, 1.165) is 4.88 Å². The van der Waals surface area contributed by atoms with Gasteiger partial charge in [-0.05, 0) is 24.3 Å². The summed E-state index contributed by atoms with van der Waals surface area (Å²) in [6.45, 7) is 0. The van der Waals surface area contributed by atoms with E-state index in [1.54, 1.807) is 42.6 Å². The Balaban J connectivity index is 2.04. The minimum absolute atomic E-state index is 0.483. The van der Waals surface area contributed by atoms with Crippen molar-refractivity contribution in [3.63, 3.8) is 0 Å². The van der Waals surface area contributed by atoms with Gasteiger partial charge >= 0.3 is 0 Å². The van der Waals surface area contributed by atoms with Crippen LogP contribution in [0, 0.1) is 0 Å². The summed E-state index contributed by atoms with van der Waals surface area (Å²) in [6.07, 6.45) is 1.69. The van der Waals surface area contributed by atoms with Gasteiger partial charge in [-0.25, -0.2) is 4.98 Å². The third-order valence-electron chi connectivity index (χ3n) is 3.63. The highest BCUT2D eigenvalue weighted by atomic mass is 35.5. The molecular weight excluding hydrogens is 450 g/mol. The van der Waals surface area contributed by atoms with Crippen molar-refractivity contribution in [3.8, 4) is 26.8 Å². The predicted octanol–water partition coefficient (Wildman–Crippen LogP) is 6.53. The molecule has 1 aromatic heterocycles. The predicted molar refractivity (Wildman–Crippen MR) is 114 cm³/mol. The maximum atomic E-state index is 11.9. The Morgan fingerprint density at radius 3 is 2.52 bits per heavy atom. The number of methoxy groups -OCH3 is 1. The van der Waals surface area contributed by atoms with Gasteiger partial charge in [0.15, 0.2) is 4.84 Å². The first kappa shape index (κ1) is 20.2. The second-order valence-corrected chi connectivity index (χ2v) is 8.27. The monoisotopic (exact) mass is 460 g/mol. The summed E-state index contributed by atoms with van der Waals surface area (Å²) in [6, 6.07) is 10.6. The molecule has 0 atom stereocenters. The molecule has 4 nitrogen and oxygen atoms in total. The number of aromatic nitrogens is 1. The van der Waals surface area contributed by atoms with Crippen molar-refractivity contribution >= 4 is 69.3 Å². The van der Waals surface area contributed by atoms with Gasteiger partial charge in [0.25, 0.3) is 5.91 Å². The molecule has 27 heavy (non-hydrogen) atoms. The fourth-order valence-corrected chi connectivity index (χ4v) is 4.23. The highest BCUT2D eigenvalue weighted by Crippen LogP contribution is 2.41. The molecule has 1 N–H and O–H groups in total. The van der Waals surface area contributed by atoms with Crippen LogP contribution in [-0.4, -0.2) is 22.8 Å². The number of amides is 1. The number of hydrogen-bond acceptors (Lipinski definition) is 4. The molecule has 0 aliphatic carbocycles. The van der Waals surface area contributed by atoms with Crippen LogP contribution >= 0.6 is 57.7 Å². The number of rotatable bonds is 5. The van der Waals surface area contributed by atoms with Crippen LogP contribution in [0.4, 0.5) is 5.69 Å². The number of halogens is 4. The van der Waals surface area contributed by atoms with Crippen LogP contribution < -0.4 is 10.1 Å². The third-order valence-corrected chi connectivity index (χ3v) is 5.70. The van der Waals surface area contributed by atoms with Crippen molar-refractivity contribution < 1.29 is 9.53 Å². The largest absolute Gasteiger partial charge is 0.497 e. The van der Waals surface area contributed by atoms with E-state index in [1.165, 1.54) is 18.4 Å². The van der Waals surface area contributed by atoms with E-state index in [9.17, 15) is 4.79 Å².